The maximum atomic E-state index is 12.8. The Labute approximate surface area is 267 Å². The van der Waals surface area contributed by atoms with Gasteiger partial charge in [-0.3, -0.25) is 9.35 Å². The van der Waals surface area contributed by atoms with E-state index in [2.05, 4.69) is 18.1 Å². The molecule has 2 aromatic rings. The highest BCUT2D eigenvalue weighted by atomic mass is 35.5. The Morgan fingerprint density at radius 2 is 2.02 bits per heavy atom. The molecule has 11 heteroatoms. The van der Waals surface area contributed by atoms with E-state index in [-0.39, 0.29) is 23.9 Å². The van der Waals surface area contributed by atoms with Gasteiger partial charge in [0.25, 0.3) is 5.91 Å². The number of carbonyl (C=O) groups is 1. The Hall–Kier alpha value is -2.73. The largest absolute Gasteiger partial charge is 0.487 e. The number of primary amides is 1. The molecule has 1 saturated carbocycles. The van der Waals surface area contributed by atoms with Crippen molar-refractivity contribution in [3.63, 3.8) is 0 Å². The molecule has 1 unspecified atom stereocenters. The predicted octanol–water partition coefficient (Wildman–Crippen LogP) is 4.71. The molecule has 1 amide bonds. The minimum Gasteiger partial charge on any atom is -0.487 e. The predicted molar refractivity (Wildman–Crippen MR) is 175 cm³/mol. The van der Waals surface area contributed by atoms with Crippen LogP contribution in [0.4, 0.5) is 5.69 Å². The number of unbranched alkanes of at least 4 members (excludes halogenated alkanes) is 1. The average molecular weight is 646 g/mol. The zero-order chi connectivity index (χ0) is 31.9. The summed E-state index contributed by atoms with van der Waals surface area (Å²) < 4.78 is 29.7. The number of nitrogens with two attached hydrogens (primary N) is 1. The quantitative estimate of drug-likeness (QED) is 0.141. The van der Waals surface area contributed by atoms with Crippen molar-refractivity contribution in [3.8, 4) is 5.75 Å². The van der Waals surface area contributed by atoms with Crippen LogP contribution >= 0.6 is 11.6 Å². The van der Waals surface area contributed by atoms with Gasteiger partial charge in [0.05, 0.1) is 18.3 Å². The van der Waals surface area contributed by atoms with E-state index in [1.165, 1.54) is 0 Å². The lowest BCUT2D eigenvalue weighted by molar-refractivity contribution is -0.138. The molecule has 5 N–H and O–H groups in total. The fourth-order valence-electron chi connectivity index (χ4n) is 6.12. The van der Waals surface area contributed by atoms with Gasteiger partial charge in [-0.1, -0.05) is 35.9 Å². The lowest BCUT2D eigenvalue weighted by atomic mass is 9.70. The second-order valence-corrected chi connectivity index (χ2v) is 13.2. The lowest BCUT2D eigenvalue weighted by Gasteiger charge is -2.42. The molecule has 1 aliphatic carbocycles. The number of hydrogen-bond acceptors (Lipinski definition) is 6. The maximum Gasteiger partial charge on any atom is 0.255 e. The highest BCUT2D eigenvalue weighted by Crippen LogP contribution is 2.41. The smallest absolute Gasteiger partial charge is 0.255 e. The van der Waals surface area contributed by atoms with E-state index in [1.807, 2.05) is 18.2 Å². The molecule has 2 aliphatic rings. The van der Waals surface area contributed by atoms with Crippen molar-refractivity contribution in [2.24, 2.45) is 17.6 Å². The summed E-state index contributed by atoms with van der Waals surface area (Å²) in [7, 11) is 0. The molecule has 0 spiro atoms. The molecule has 0 bridgehead atoms. The van der Waals surface area contributed by atoms with Gasteiger partial charge in [-0.2, -0.15) is 4.31 Å². The monoisotopic (exact) mass is 645 g/mol. The number of halogens is 1. The first-order valence-electron chi connectivity index (χ1n) is 15.2. The standard InChI is InChI=1S/C33H44ClN3O6S/c1-3-5-7-17-37(44(41)42)22-33(40,32(35)39)26-12-15-31-29(19-26)36(20-24-11-14-28(24)30(38)4-2)16-8-6-9-23-18-27(34)13-10-25(23)21-43-31/h3-4,10,12-13,15,18-19,24,28,30,38,40H,1-2,5-9,11,14,16-17,20-22H2,(H2,35,39)(H,41,42)/t24-,28+,30-,33-/m0/s1. The molecule has 9 nitrogen and oxygen atoms in total. The number of benzene rings is 2. The van der Waals surface area contributed by atoms with Crippen LogP contribution in [0.25, 0.3) is 0 Å². The molecule has 4 rings (SSSR count). The number of fused-ring (bicyclic) bond motifs is 2. The van der Waals surface area contributed by atoms with Crippen molar-refractivity contribution in [1.29, 1.82) is 0 Å². The fourth-order valence-corrected chi connectivity index (χ4v) is 6.89. The summed E-state index contributed by atoms with van der Waals surface area (Å²) in [5, 5.41) is 22.9. The maximum absolute atomic E-state index is 12.8. The first kappa shape index (κ1) is 34.1. The third kappa shape index (κ3) is 8.10. The van der Waals surface area contributed by atoms with Crippen LogP contribution < -0.4 is 15.4 Å². The Bertz CT molecular complexity index is 1360. The molecule has 2 aromatic carbocycles. The van der Waals surface area contributed by atoms with Crippen LogP contribution in [0.2, 0.25) is 5.02 Å². The zero-order valence-corrected chi connectivity index (χ0v) is 26.6. The molecular weight excluding hydrogens is 602 g/mol. The van der Waals surface area contributed by atoms with Crippen molar-refractivity contribution in [2.75, 3.05) is 31.1 Å². The lowest BCUT2D eigenvalue weighted by Crippen LogP contribution is -2.50. The van der Waals surface area contributed by atoms with E-state index in [0.717, 1.165) is 47.5 Å². The van der Waals surface area contributed by atoms with Crippen LogP contribution in [0.15, 0.2) is 61.7 Å². The molecule has 0 radical (unpaired) electrons. The average Bonchev–Trinajstić information content (AvgIpc) is 3.01. The number of rotatable bonds is 13. The van der Waals surface area contributed by atoms with E-state index < -0.39 is 35.4 Å². The molecule has 44 heavy (non-hydrogen) atoms. The molecule has 5 atom stereocenters. The summed E-state index contributed by atoms with van der Waals surface area (Å²) in [5.41, 5.74) is 6.58. The van der Waals surface area contributed by atoms with Crippen molar-refractivity contribution >= 4 is 34.5 Å². The van der Waals surface area contributed by atoms with Gasteiger partial charge >= 0.3 is 0 Å². The minimum atomic E-state index is -2.44. The number of hydrogen-bond donors (Lipinski definition) is 4. The number of ether oxygens (including phenoxy) is 1. The Balaban J connectivity index is 1.74. The Kier molecular flexibility index (Phi) is 12.0. The molecule has 1 aliphatic heterocycles. The number of amides is 1. The highest BCUT2D eigenvalue weighted by Gasteiger charge is 2.41. The summed E-state index contributed by atoms with van der Waals surface area (Å²) in [6.45, 7) is 8.75. The second kappa shape index (κ2) is 15.5. The van der Waals surface area contributed by atoms with E-state index in [9.17, 15) is 23.8 Å². The van der Waals surface area contributed by atoms with Crippen molar-refractivity contribution in [2.45, 2.75) is 63.3 Å². The van der Waals surface area contributed by atoms with Gasteiger partial charge in [-0.15, -0.1) is 13.2 Å². The van der Waals surface area contributed by atoms with Gasteiger partial charge in [0.1, 0.15) is 12.4 Å². The molecule has 0 saturated heterocycles. The van der Waals surface area contributed by atoms with E-state index in [4.69, 9.17) is 22.1 Å². The normalized spacial score (nSPS) is 21.3. The van der Waals surface area contributed by atoms with E-state index >= 15 is 0 Å². The number of nitrogens with zero attached hydrogens (tertiary/aromatic N) is 2. The Morgan fingerprint density at radius 1 is 1.23 bits per heavy atom. The number of aliphatic hydroxyl groups excluding tert-OH is 1. The molecule has 240 valence electrons. The van der Waals surface area contributed by atoms with Crippen LogP contribution in [0, 0.1) is 11.8 Å². The van der Waals surface area contributed by atoms with Crippen molar-refractivity contribution < 1.29 is 28.5 Å². The highest BCUT2D eigenvalue weighted by molar-refractivity contribution is 7.76. The topological polar surface area (TPSA) is 137 Å². The van der Waals surface area contributed by atoms with Gasteiger partial charge in [-0.05, 0) is 97.7 Å². The zero-order valence-electron chi connectivity index (χ0n) is 25.1. The van der Waals surface area contributed by atoms with Crippen LogP contribution in [0.5, 0.6) is 5.75 Å². The van der Waals surface area contributed by atoms with Crippen LogP contribution in [-0.2, 0) is 34.7 Å². The Morgan fingerprint density at radius 3 is 2.68 bits per heavy atom. The molecule has 1 heterocycles. The number of aryl methyl sites for hydroxylation is 1. The van der Waals surface area contributed by atoms with Crippen LogP contribution in [0.1, 0.15) is 55.2 Å². The van der Waals surface area contributed by atoms with Gasteiger partial charge in [0.15, 0.2) is 5.60 Å². The molecular formula is C33H44ClN3O6S. The molecule has 1 fully saturated rings. The van der Waals surface area contributed by atoms with Gasteiger partial charge < -0.3 is 25.6 Å². The van der Waals surface area contributed by atoms with Crippen molar-refractivity contribution in [1.82, 2.24) is 4.31 Å². The molecule has 0 aromatic heterocycles. The number of aliphatic hydroxyl groups is 2. The summed E-state index contributed by atoms with van der Waals surface area (Å²) in [5.74, 6) is -0.152. The summed E-state index contributed by atoms with van der Waals surface area (Å²) >= 11 is 3.86. The summed E-state index contributed by atoms with van der Waals surface area (Å²) in [6, 6.07) is 10.8. The first-order valence-corrected chi connectivity index (χ1v) is 16.6. The summed E-state index contributed by atoms with van der Waals surface area (Å²) in [6.07, 6.45) is 8.29. The fraction of sp³-hybridized carbons (Fsp3) is 0.485. The third-order valence-corrected chi connectivity index (χ3v) is 9.90. The van der Waals surface area contributed by atoms with Crippen LogP contribution in [0.3, 0.4) is 0 Å². The van der Waals surface area contributed by atoms with Gasteiger partial charge in [-0.25, -0.2) is 4.21 Å². The number of allylic oxidation sites excluding steroid dienone is 1. The first-order chi connectivity index (χ1) is 21.1. The second-order valence-electron chi connectivity index (χ2n) is 11.8. The number of carbonyl (C=O) groups excluding carboxylic acids is 1. The number of anilines is 1. The third-order valence-electron chi connectivity index (χ3n) is 8.91. The van der Waals surface area contributed by atoms with E-state index in [1.54, 1.807) is 30.4 Å². The SMILES string of the molecule is C=CCCCN(C[C@@](O)(C(N)=O)c1ccc2c(c1)N(C[C@@H]1CC[C@H]1[C@@H](O)C=C)CCCCc1cc(Cl)ccc1CO2)S(=O)O. The van der Waals surface area contributed by atoms with E-state index in [0.29, 0.717) is 49.0 Å². The van der Waals surface area contributed by atoms with Gasteiger partial charge in [0.2, 0.25) is 11.3 Å². The summed E-state index contributed by atoms with van der Waals surface area (Å²) in [4.78, 5) is 15.0. The van der Waals surface area contributed by atoms with Gasteiger partial charge in [0, 0.05) is 24.7 Å². The minimum absolute atomic E-state index is 0.0934. The van der Waals surface area contributed by atoms with Crippen molar-refractivity contribution in [3.05, 3.63) is 83.4 Å². The van der Waals surface area contributed by atoms with Crippen LogP contribution in [-0.4, -0.2) is 61.5 Å².